The van der Waals surface area contributed by atoms with Crippen LogP contribution in [0.2, 0.25) is 0 Å². The lowest BCUT2D eigenvalue weighted by molar-refractivity contribution is 0.00578. The molecule has 0 N–H and O–H groups in total. The van der Waals surface area contributed by atoms with Gasteiger partial charge in [0.05, 0.1) is 11.2 Å². The molecule has 0 aromatic carbocycles. The number of allylic oxidation sites excluding steroid dienone is 1. The van der Waals surface area contributed by atoms with E-state index in [1.807, 2.05) is 0 Å². The van der Waals surface area contributed by atoms with Crippen molar-refractivity contribution >= 4 is 7.12 Å². The zero-order valence-corrected chi connectivity index (χ0v) is 13.7. The Hall–Kier alpha value is -0.315. The number of rotatable bonds is 2. The second kappa shape index (κ2) is 4.59. The van der Waals surface area contributed by atoms with Crippen molar-refractivity contribution in [1.82, 2.24) is 4.90 Å². The van der Waals surface area contributed by atoms with E-state index in [1.165, 1.54) is 31.4 Å². The molecule has 112 valence electrons. The van der Waals surface area contributed by atoms with Crippen LogP contribution in [-0.4, -0.2) is 41.8 Å². The third kappa shape index (κ3) is 2.26. The summed E-state index contributed by atoms with van der Waals surface area (Å²) in [5.74, 6) is 0. The fourth-order valence-corrected chi connectivity index (χ4v) is 3.32. The van der Waals surface area contributed by atoms with Crippen molar-refractivity contribution in [3.63, 3.8) is 0 Å². The van der Waals surface area contributed by atoms with Crippen molar-refractivity contribution in [1.29, 1.82) is 0 Å². The van der Waals surface area contributed by atoms with Crippen molar-refractivity contribution in [2.24, 2.45) is 0 Å². The smallest absolute Gasteiger partial charge is 0.400 e. The summed E-state index contributed by atoms with van der Waals surface area (Å²) in [4.78, 5) is 2.63. The SMILES string of the molecule is CC1(N2CCC2)CC=C(B2OC(C)(C)C(C)(C)O2)CC1. The van der Waals surface area contributed by atoms with Gasteiger partial charge in [0.2, 0.25) is 0 Å². The Bertz CT molecular complexity index is 412. The van der Waals surface area contributed by atoms with Crippen LogP contribution in [0.5, 0.6) is 0 Å². The Morgan fingerprint density at radius 2 is 1.65 bits per heavy atom. The minimum absolute atomic E-state index is 0.138. The number of hydrogen-bond donors (Lipinski definition) is 0. The molecule has 0 aromatic heterocycles. The summed E-state index contributed by atoms with van der Waals surface area (Å²) in [6.45, 7) is 13.5. The van der Waals surface area contributed by atoms with Gasteiger partial charge in [0.1, 0.15) is 0 Å². The molecule has 2 saturated heterocycles. The van der Waals surface area contributed by atoms with Gasteiger partial charge < -0.3 is 9.31 Å². The highest BCUT2D eigenvalue weighted by Crippen LogP contribution is 2.42. The molecule has 2 fully saturated rings. The van der Waals surface area contributed by atoms with Crippen molar-refractivity contribution in [2.45, 2.75) is 77.0 Å². The lowest BCUT2D eigenvalue weighted by atomic mass is 9.68. The maximum absolute atomic E-state index is 6.17. The Balaban J connectivity index is 1.68. The first kappa shape index (κ1) is 14.6. The average Bonchev–Trinajstić information content (AvgIpc) is 2.46. The Kier molecular flexibility index (Phi) is 3.35. The van der Waals surface area contributed by atoms with E-state index in [1.54, 1.807) is 0 Å². The Morgan fingerprint density at radius 3 is 2.05 bits per heavy atom. The fraction of sp³-hybridized carbons (Fsp3) is 0.875. The summed E-state index contributed by atoms with van der Waals surface area (Å²) in [7, 11) is -0.138. The van der Waals surface area contributed by atoms with Gasteiger partial charge in [-0.25, -0.2) is 0 Å². The number of hydrogen-bond acceptors (Lipinski definition) is 3. The van der Waals surface area contributed by atoms with Crippen LogP contribution < -0.4 is 0 Å². The normalized spacial score (nSPS) is 36.6. The summed E-state index contributed by atoms with van der Waals surface area (Å²) < 4.78 is 12.3. The first-order chi connectivity index (χ1) is 9.24. The molecular formula is C16H28BNO2. The first-order valence-electron chi connectivity index (χ1n) is 8.03. The molecule has 4 heteroatoms. The zero-order valence-electron chi connectivity index (χ0n) is 13.7. The fourth-order valence-electron chi connectivity index (χ4n) is 3.32. The molecule has 1 atom stereocenters. The summed E-state index contributed by atoms with van der Waals surface area (Å²) in [6, 6.07) is 0. The molecule has 3 rings (SSSR count). The zero-order chi connectivity index (χ0) is 14.6. The largest absolute Gasteiger partial charge is 0.490 e. The number of likely N-dealkylation sites (tertiary alicyclic amines) is 1. The lowest BCUT2D eigenvalue weighted by Crippen LogP contribution is -2.54. The number of nitrogens with zero attached hydrogens (tertiary/aromatic N) is 1. The van der Waals surface area contributed by atoms with Crippen LogP contribution in [0.1, 0.15) is 60.3 Å². The summed E-state index contributed by atoms with van der Waals surface area (Å²) >= 11 is 0. The highest BCUT2D eigenvalue weighted by molar-refractivity contribution is 6.54. The van der Waals surface area contributed by atoms with E-state index in [2.05, 4.69) is 45.6 Å². The van der Waals surface area contributed by atoms with Crippen LogP contribution >= 0.6 is 0 Å². The molecule has 0 bridgehead atoms. The van der Waals surface area contributed by atoms with Crippen LogP contribution in [0.15, 0.2) is 11.5 Å². The molecule has 0 aromatic rings. The van der Waals surface area contributed by atoms with Gasteiger partial charge in [0.15, 0.2) is 0 Å². The molecule has 2 heterocycles. The van der Waals surface area contributed by atoms with E-state index in [0.29, 0.717) is 5.54 Å². The van der Waals surface area contributed by atoms with Gasteiger partial charge in [-0.3, -0.25) is 4.90 Å². The van der Waals surface area contributed by atoms with Crippen molar-refractivity contribution in [3.05, 3.63) is 11.5 Å². The van der Waals surface area contributed by atoms with Gasteiger partial charge in [-0.2, -0.15) is 0 Å². The predicted molar refractivity (Wildman–Crippen MR) is 82.6 cm³/mol. The molecule has 20 heavy (non-hydrogen) atoms. The Labute approximate surface area is 123 Å². The van der Waals surface area contributed by atoms with Crippen LogP contribution in [0.25, 0.3) is 0 Å². The highest BCUT2D eigenvalue weighted by atomic mass is 16.7. The molecule has 1 aliphatic carbocycles. The molecule has 2 aliphatic heterocycles. The van der Waals surface area contributed by atoms with E-state index < -0.39 is 0 Å². The van der Waals surface area contributed by atoms with Gasteiger partial charge in [-0.05, 0) is 78.9 Å². The van der Waals surface area contributed by atoms with Crippen molar-refractivity contribution in [2.75, 3.05) is 13.1 Å². The average molecular weight is 277 g/mol. The second-order valence-corrected chi connectivity index (χ2v) is 7.91. The summed E-state index contributed by atoms with van der Waals surface area (Å²) in [5, 5.41) is 0. The third-order valence-corrected chi connectivity index (χ3v) is 5.93. The minimum Gasteiger partial charge on any atom is -0.400 e. The van der Waals surface area contributed by atoms with E-state index in [0.717, 1.165) is 12.8 Å². The molecule has 3 aliphatic rings. The van der Waals surface area contributed by atoms with E-state index in [4.69, 9.17) is 9.31 Å². The van der Waals surface area contributed by atoms with Gasteiger partial charge in [0.25, 0.3) is 0 Å². The highest BCUT2D eigenvalue weighted by Gasteiger charge is 2.53. The summed E-state index contributed by atoms with van der Waals surface area (Å²) in [6.07, 6.45) is 7.20. The Morgan fingerprint density at radius 1 is 1.05 bits per heavy atom. The van der Waals surface area contributed by atoms with Gasteiger partial charge in [0, 0.05) is 5.54 Å². The molecule has 3 nitrogen and oxygen atoms in total. The molecule has 0 amide bonds. The predicted octanol–water partition coefficient (Wildman–Crippen LogP) is 3.19. The molecule has 0 radical (unpaired) electrons. The second-order valence-electron chi connectivity index (χ2n) is 7.91. The van der Waals surface area contributed by atoms with Gasteiger partial charge in [-0.1, -0.05) is 6.08 Å². The quantitative estimate of drug-likeness (QED) is 0.723. The molecule has 1 unspecified atom stereocenters. The first-order valence-corrected chi connectivity index (χ1v) is 8.03. The lowest BCUT2D eigenvalue weighted by Gasteiger charge is -2.48. The molecular weight excluding hydrogens is 249 g/mol. The summed E-state index contributed by atoms with van der Waals surface area (Å²) in [5.41, 5.74) is 1.26. The van der Waals surface area contributed by atoms with E-state index in [9.17, 15) is 0 Å². The van der Waals surface area contributed by atoms with Crippen molar-refractivity contribution in [3.8, 4) is 0 Å². The van der Waals surface area contributed by atoms with Gasteiger partial charge in [-0.15, -0.1) is 0 Å². The standard InChI is InChI=1S/C16H28BNO2/c1-14(2)15(3,4)20-17(19-14)13-7-9-16(5,10-8-13)18-11-6-12-18/h7H,6,8-12H2,1-5H3. The minimum atomic E-state index is -0.225. The van der Waals surface area contributed by atoms with Crippen LogP contribution in [-0.2, 0) is 9.31 Å². The van der Waals surface area contributed by atoms with Crippen LogP contribution in [0.3, 0.4) is 0 Å². The topological polar surface area (TPSA) is 21.7 Å². The maximum Gasteiger partial charge on any atom is 0.490 e. The van der Waals surface area contributed by atoms with Crippen LogP contribution in [0.4, 0.5) is 0 Å². The monoisotopic (exact) mass is 277 g/mol. The molecule has 0 saturated carbocycles. The van der Waals surface area contributed by atoms with E-state index >= 15 is 0 Å². The third-order valence-electron chi connectivity index (χ3n) is 5.93. The van der Waals surface area contributed by atoms with Crippen molar-refractivity contribution < 1.29 is 9.31 Å². The van der Waals surface area contributed by atoms with Gasteiger partial charge >= 0.3 is 7.12 Å². The van der Waals surface area contributed by atoms with Crippen LogP contribution in [0, 0.1) is 0 Å². The van der Waals surface area contributed by atoms with E-state index in [-0.39, 0.29) is 18.3 Å². The maximum atomic E-state index is 6.17. The molecule has 0 spiro atoms.